The van der Waals surface area contributed by atoms with Crippen molar-refractivity contribution in [2.75, 3.05) is 19.6 Å². The van der Waals surface area contributed by atoms with Crippen LogP contribution in [0.4, 0.5) is 13.2 Å². The Kier molecular flexibility index (Phi) is 5.10. The first kappa shape index (κ1) is 15.4. The predicted octanol–water partition coefficient (Wildman–Crippen LogP) is 3.16. The van der Waals surface area contributed by atoms with Crippen molar-refractivity contribution in [2.24, 2.45) is 5.92 Å². The normalized spacial score (nSPS) is 18.6. The van der Waals surface area contributed by atoms with Gasteiger partial charge in [0.15, 0.2) is 0 Å². The van der Waals surface area contributed by atoms with Gasteiger partial charge in [-0.05, 0) is 38.5 Å². The van der Waals surface area contributed by atoms with Gasteiger partial charge in [-0.1, -0.05) is 6.92 Å². The van der Waals surface area contributed by atoms with Crippen LogP contribution in [0.3, 0.4) is 0 Å². The van der Waals surface area contributed by atoms with Crippen molar-refractivity contribution in [3.63, 3.8) is 0 Å². The summed E-state index contributed by atoms with van der Waals surface area (Å²) in [6.45, 7) is 5.24. The SMILES string of the molecule is CCNCc1coc(CN2CCC(C(F)(F)F)CC2)c1. The summed E-state index contributed by atoms with van der Waals surface area (Å²) in [4.78, 5) is 2.03. The lowest BCUT2D eigenvalue weighted by Gasteiger charge is -2.32. The zero-order valence-electron chi connectivity index (χ0n) is 11.7. The highest BCUT2D eigenvalue weighted by Crippen LogP contribution is 2.34. The van der Waals surface area contributed by atoms with Crippen molar-refractivity contribution in [1.82, 2.24) is 10.2 Å². The Hall–Kier alpha value is -1.01. The Morgan fingerprint density at radius 1 is 1.35 bits per heavy atom. The fraction of sp³-hybridized carbons (Fsp3) is 0.714. The van der Waals surface area contributed by atoms with Gasteiger partial charge < -0.3 is 9.73 Å². The molecule has 2 heterocycles. The lowest BCUT2D eigenvalue weighted by Crippen LogP contribution is -2.38. The van der Waals surface area contributed by atoms with Gasteiger partial charge in [-0.25, -0.2) is 0 Å². The van der Waals surface area contributed by atoms with Gasteiger partial charge in [0.1, 0.15) is 5.76 Å². The standard InChI is InChI=1S/C14H21F3N2O/c1-2-18-8-11-7-13(20-10-11)9-19-5-3-12(4-6-19)14(15,16)17/h7,10,12,18H,2-6,8-9H2,1H3. The molecular weight excluding hydrogens is 269 g/mol. The van der Waals surface area contributed by atoms with Gasteiger partial charge in [0.25, 0.3) is 0 Å². The maximum absolute atomic E-state index is 12.6. The van der Waals surface area contributed by atoms with Crippen LogP contribution in [0, 0.1) is 5.92 Å². The second-order valence-corrected chi connectivity index (χ2v) is 5.29. The first-order chi connectivity index (χ1) is 9.49. The largest absolute Gasteiger partial charge is 0.468 e. The molecule has 1 aromatic heterocycles. The third kappa shape index (κ3) is 4.24. The summed E-state index contributed by atoms with van der Waals surface area (Å²) in [5, 5.41) is 3.21. The topological polar surface area (TPSA) is 28.4 Å². The third-order valence-corrected chi connectivity index (χ3v) is 3.72. The van der Waals surface area contributed by atoms with E-state index in [1.807, 2.05) is 17.9 Å². The zero-order valence-corrected chi connectivity index (χ0v) is 11.7. The highest BCUT2D eigenvalue weighted by Gasteiger charge is 2.41. The van der Waals surface area contributed by atoms with E-state index in [0.29, 0.717) is 19.6 Å². The van der Waals surface area contributed by atoms with Crippen molar-refractivity contribution >= 4 is 0 Å². The molecule has 0 unspecified atom stereocenters. The van der Waals surface area contributed by atoms with E-state index in [2.05, 4.69) is 5.32 Å². The Balaban J connectivity index is 1.79. The zero-order chi connectivity index (χ0) is 14.6. The summed E-state index contributed by atoms with van der Waals surface area (Å²) < 4.78 is 43.2. The number of furan rings is 1. The molecule has 0 aliphatic carbocycles. The average molecular weight is 290 g/mol. The van der Waals surface area contributed by atoms with Crippen LogP contribution in [0.25, 0.3) is 0 Å². The Morgan fingerprint density at radius 3 is 2.65 bits per heavy atom. The smallest absolute Gasteiger partial charge is 0.391 e. The summed E-state index contributed by atoms with van der Waals surface area (Å²) in [7, 11) is 0. The molecule has 6 heteroatoms. The van der Waals surface area contributed by atoms with E-state index < -0.39 is 12.1 Å². The quantitative estimate of drug-likeness (QED) is 0.903. The minimum atomic E-state index is -4.05. The number of hydrogen-bond donors (Lipinski definition) is 1. The average Bonchev–Trinajstić information content (AvgIpc) is 2.83. The molecule has 0 atom stereocenters. The molecule has 114 valence electrons. The number of rotatable bonds is 5. The van der Waals surface area contributed by atoms with Crippen LogP contribution in [0.2, 0.25) is 0 Å². The van der Waals surface area contributed by atoms with Crippen LogP contribution in [0.5, 0.6) is 0 Å². The third-order valence-electron chi connectivity index (χ3n) is 3.72. The molecule has 3 nitrogen and oxygen atoms in total. The summed E-state index contributed by atoms with van der Waals surface area (Å²) in [6.07, 6.45) is -1.96. The molecule has 0 saturated carbocycles. The highest BCUT2D eigenvalue weighted by atomic mass is 19.4. The summed E-state index contributed by atoms with van der Waals surface area (Å²) >= 11 is 0. The number of nitrogens with zero attached hydrogens (tertiary/aromatic N) is 1. The van der Waals surface area contributed by atoms with Gasteiger partial charge in [-0.15, -0.1) is 0 Å². The minimum absolute atomic E-state index is 0.189. The Morgan fingerprint density at radius 2 is 2.05 bits per heavy atom. The van der Waals surface area contributed by atoms with E-state index in [-0.39, 0.29) is 12.8 Å². The van der Waals surface area contributed by atoms with E-state index in [0.717, 1.165) is 24.4 Å². The van der Waals surface area contributed by atoms with Gasteiger partial charge in [0.2, 0.25) is 0 Å². The van der Waals surface area contributed by atoms with E-state index in [4.69, 9.17) is 4.42 Å². The van der Waals surface area contributed by atoms with Gasteiger partial charge in [0, 0.05) is 12.1 Å². The number of halogens is 3. The van der Waals surface area contributed by atoms with Crippen LogP contribution in [-0.4, -0.2) is 30.7 Å². The maximum Gasteiger partial charge on any atom is 0.391 e. The summed E-state index contributed by atoms with van der Waals surface area (Å²) in [6, 6.07) is 1.97. The highest BCUT2D eigenvalue weighted by molar-refractivity contribution is 5.12. The Labute approximate surface area is 117 Å². The monoisotopic (exact) mass is 290 g/mol. The molecule has 1 aliphatic heterocycles. The van der Waals surface area contributed by atoms with Crippen LogP contribution >= 0.6 is 0 Å². The molecule has 1 N–H and O–H groups in total. The van der Waals surface area contributed by atoms with E-state index >= 15 is 0 Å². The summed E-state index contributed by atoms with van der Waals surface area (Å²) in [5.41, 5.74) is 1.08. The number of piperidine rings is 1. The number of alkyl halides is 3. The van der Waals surface area contributed by atoms with Gasteiger partial charge in [-0.3, -0.25) is 4.90 Å². The molecule has 2 rings (SSSR count). The lowest BCUT2D eigenvalue weighted by atomic mass is 9.96. The predicted molar refractivity (Wildman–Crippen MR) is 70.1 cm³/mol. The van der Waals surface area contributed by atoms with E-state index in [9.17, 15) is 13.2 Å². The molecule has 20 heavy (non-hydrogen) atoms. The first-order valence-electron chi connectivity index (χ1n) is 7.05. The van der Waals surface area contributed by atoms with Crippen molar-refractivity contribution in [3.05, 3.63) is 23.7 Å². The second kappa shape index (κ2) is 6.63. The molecule has 0 aromatic carbocycles. The number of likely N-dealkylation sites (tertiary alicyclic amines) is 1. The lowest BCUT2D eigenvalue weighted by molar-refractivity contribution is -0.185. The van der Waals surface area contributed by atoms with E-state index in [1.54, 1.807) is 6.26 Å². The van der Waals surface area contributed by atoms with Crippen molar-refractivity contribution in [2.45, 2.75) is 39.0 Å². The fourth-order valence-electron chi connectivity index (χ4n) is 2.51. The maximum atomic E-state index is 12.6. The Bertz CT molecular complexity index is 409. The van der Waals surface area contributed by atoms with Crippen molar-refractivity contribution < 1.29 is 17.6 Å². The van der Waals surface area contributed by atoms with Crippen LogP contribution in [0.1, 0.15) is 31.1 Å². The number of nitrogens with one attached hydrogen (secondary N) is 1. The minimum Gasteiger partial charge on any atom is -0.468 e. The van der Waals surface area contributed by atoms with Crippen LogP contribution in [0.15, 0.2) is 16.7 Å². The molecule has 1 fully saturated rings. The van der Waals surface area contributed by atoms with Crippen molar-refractivity contribution in [3.8, 4) is 0 Å². The number of hydrogen-bond acceptors (Lipinski definition) is 3. The molecule has 0 bridgehead atoms. The molecule has 0 radical (unpaired) electrons. The molecule has 1 saturated heterocycles. The van der Waals surface area contributed by atoms with Gasteiger partial charge in [0.05, 0.1) is 18.7 Å². The molecule has 1 aliphatic rings. The first-order valence-corrected chi connectivity index (χ1v) is 7.05. The van der Waals surface area contributed by atoms with Gasteiger partial charge in [-0.2, -0.15) is 13.2 Å². The molecule has 0 amide bonds. The molecule has 0 spiro atoms. The van der Waals surface area contributed by atoms with Crippen LogP contribution < -0.4 is 5.32 Å². The molecular formula is C14H21F3N2O. The second-order valence-electron chi connectivity index (χ2n) is 5.29. The summed E-state index contributed by atoms with van der Waals surface area (Å²) in [5.74, 6) is -0.317. The van der Waals surface area contributed by atoms with Crippen molar-refractivity contribution in [1.29, 1.82) is 0 Å². The molecule has 1 aromatic rings. The van der Waals surface area contributed by atoms with Gasteiger partial charge >= 0.3 is 6.18 Å². The van der Waals surface area contributed by atoms with E-state index in [1.165, 1.54) is 0 Å². The van der Waals surface area contributed by atoms with Crippen LogP contribution in [-0.2, 0) is 13.1 Å². The fourth-order valence-corrected chi connectivity index (χ4v) is 2.51.